The molecule has 7 heteroatoms. The number of carbonyl (C=O) groups excluding carboxylic acids is 1. The second-order valence-electron chi connectivity index (χ2n) is 5.58. The van der Waals surface area contributed by atoms with Crippen LogP contribution < -0.4 is 15.4 Å². The second kappa shape index (κ2) is 7.84. The number of nitrogens with one attached hydrogen (secondary N) is 2. The van der Waals surface area contributed by atoms with E-state index in [1.807, 2.05) is 31.2 Å². The van der Waals surface area contributed by atoms with Gasteiger partial charge in [0.1, 0.15) is 17.3 Å². The van der Waals surface area contributed by atoms with Crippen LogP contribution in [0.5, 0.6) is 5.75 Å². The topological polar surface area (TPSA) is 76.1 Å². The third-order valence-electron chi connectivity index (χ3n) is 3.58. The maximum Gasteiger partial charge on any atom is 0.275 e. The zero-order chi connectivity index (χ0) is 18.5. The van der Waals surface area contributed by atoms with Crippen molar-refractivity contribution in [3.63, 3.8) is 0 Å². The molecular formula is C19H17ClN4O2. The van der Waals surface area contributed by atoms with Crippen molar-refractivity contribution in [2.75, 3.05) is 17.7 Å². The van der Waals surface area contributed by atoms with Gasteiger partial charge in [0.25, 0.3) is 5.91 Å². The minimum absolute atomic E-state index is 0.201. The molecule has 0 radical (unpaired) electrons. The van der Waals surface area contributed by atoms with Gasteiger partial charge in [-0.2, -0.15) is 0 Å². The molecule has 0 unspecified atom stereocenters. The van der Waals surface area contributed by atoms with Crippen LogP contribution in [-0.2, 0) is 0 Å². The Kier molecular flexibility index (Phi) is 5.34. The van der Waals surface area contributed by atoms with Gasteiger partial charge in [0.15, 0.2) is 0 Å². The average Bonchev–Trinajstić information content (AvgIpc) is 2.62. The van der Waals surface area contributed by atoms with Gasteiger partial charge >= 0.3 is 0 Å². The molecular weight excluding hydrogens is 352 g/mol. The van der Waals surface area contributed by atoms with Gasteiger partial charge < -0.3 is 15.4 Å². The Morgan fingerprint density at radius 3 is 2.58 bits per heavy atom. The zero-order valence-corrected chi connectivity index (χ0v) is 15.0. The van der Waals surface area contributed by atoms with E-state index in [9.17, 15) is 4.79 Å². The summed E-state index contributed by atoms with van der Waals surface area (Å²) in [5, 5.41) is 6.28. The second-order valence-corrected chi connectivity index (χ2v) is 5.99. The Morgan fingerprint density at radius 1 is 1.08 bits per heavy atom. The van der Waals surface area contributed by atoms with Gasteiger partial charge in [-0.1, -0.05) is 23.7 Å². The molecule has 0 saturated carbocycles. The van der Waals surface area contributed by atoms with Gasteiger partial charge in [-0.3, -0.25) is 4.79 Å². The molecule has 2 aromatic carbocycles. The predicted octanol–water partition coefficient (Wildman–Crippen LogP) is 4.44. The van der Waals surface area contributed by atoms with Gasteiger partial charge in [0.2, 0.25) is 0 Å². The first-order chi connectivity index (χ1) is 12.5. The molecule has 0 fully saturated rings. The Labute approximate surface area is 156 Å². The lowest BCUT2D eigenvalue weighted by Gasteiger charge is -2.09. The fourth-order valence-corrected chi connectivity index (χ4v) is 2.58. The first kappa shape index (κ1) is 17.7. The van der Waals surface area contributed by atoms with Crippen LogP contribution in [0.15, 0.2) is 54.9 Å². The zero-order valence-electron chi connectivity index (χ0n) is 14.3. The van der Waals surface area contributed by atoms with Gasteiger partial charge in [-0.15, -0.1) is 0 Å². The molecule has 0 aliphatic carbocycles. The summed E-state index contributed by atoms with van der Waals surface area (Å²) < 4.78 is 5.08. The number of nitrogens with zero attached hydrogens (tertiary/aromatic N) is 2. The molecule has 1 heterocycles. The predicted molar refractivity (Wildman–Crippen MR) is 102 cm³/mol. The lowest BCUT2D eigenvalue weighted by Crippen LogP contribution is -2.14. The number of hydrogen-bond donors (Lipinski definition) is 2. The maximum absolute atomic E-state index is 12.3. The van der Waals surface area contributed by atoms with Gasteiger partial charge in [0, 0.05) is 11.4 Å². The van der Waals surface area contributed by atoms with E-state index in [4.69, 9.17) is 16.3 Å². The summed E-state index contributed by atoms with van der Waals surface area (Å²) >= 11 is 6.06. The molecule has 0 bridgehead atoms. The van der Waals surface area contributed by atoms with Crippen molar-refractivity contribution in [2.45, 2.75) is 6.92 Å². The Balaban J connectivity index is 1.68. The number of aryl methyl sites for hydroxylation is 1. The van der Waals surface area contributed by atoms with E-state index in [1.165, 1.54) is 19.5 Å². The molecule has 6 nitrogen and oxygen atoms in total. The number of benzene rings is 2. The molecule has 1 aromatic heterocycles. The number of hydrogen-bond acceptors (Lipinski definition) is 5. The molecule has 3 rings (SSSR count). The maximum atomic E-state index is 12.3. The third-order valence-corrected chi connectivity index (χ3v) is 3.88. The smallest absolute Gasteiger partial charge is 0.275 e. The number of amides is 1. The highest BCUT2D eigenvalue weighted by Gasteiger charge is 2.10. The molecule has 2 N–H and O–H groups in total. The minimum atomic E-state index is -0.374. The van der Waals surface area contributed by atoms with Crippen molar-refractivity contribution in [1.82, 2.24) is 9.97 Å². The van der Waals surface area contributed by atoms with Crippen LogP contribution in [-0.4, -0.2) is 23.0 Å². The molecule has 132 valence electrons. The molecule has 1 amide bonds. The molecule has 3 aromatic rings. The summed E-state index contributed by atoms with van der Waals surface area (Å²) in [6.45, 7) is 2.01. The standard InChI is InChI=1S/C19H17ClN4O2/c1-12-4-3-5-13(8-12)23-18-11-21-16(10-22-18)19(25)24-14-6-7-17(26-2)15(20)9-14/h3-11H,1-2H3,(H,22,23)(H,24,25). The fourth-order valence-electron chi connectivity index (χ4n) is 2.32. The minimum Gasteiger partial charge on any atom is -0.495 e. The molecule has 0 aliphatic heterocycles. The highest BCUT2D eigenvalue weighted by atomic mass is 35.5. The van der Waals surface area contributed by atoms with E-state index < -0.39 is 0 Å². The Morgan fingerprint density at radius 2 is 1.92 bits per heavy atom. The normalized spacial score (nSPS) is 10.3. The van der Waals surface area contributed by atoms with Crippen LogP contribution in [0.2, 0.25) is 5.02 Å². The largest absolute Gasteiger partial charge is 0.495 e. The Bertz CT molecular complexity index is 929. The Hall–Kier alpha value is -3.12. The quantitative estimate of drug-likeness (QED) is 0.696. The highest BCUT2D eigenvalue weighted by Crippen LogP contribution is 2.27. The van der Waals surface area contributed by atoms with E-state index in [2.05, 4.69) is 20.6 Å². The van der Waals surface area contributed by atoms with Crippen molar-refractivity contribution in [1.29, 1.82) is 0 Å². The van der Waals surface area contributed by atoms with Gasteiger partial charge in [-0.25, -0.2) is 9.97 Å². The average molecular weight is 369 g/mol. The van der Waals surface area contributed by atoms with E-state index in [0.29, 0.717) is 22.3 Å². The molecule has 0 atom stereocenters. The fraction of sp³-hybridized carbons (Fsp3) is 0.105. The van der Waals surface area contributed by atoms with Crippen LogP contribution in [0.3, 0.4) is 0 Å². The van der Waals surface area contributed by atoms with Gasteiger partial charge in [0.05, 0.1) is 24.5 Å². The highest BCUT2D eigenvalue weighted by molar-refractivity contribution is 6.32. The molecule has 26 heavy (non-hydrogen) atoms. The number of methoxy groups -OCH3 is 1. The summed E-state index contributed by atoms with van der Waals surface area (Å²) in [4.78, 5) is 20.7. The van der Waals surface area contributed by atoms with Crippen molar-refractivity contribution in [3.05, 3.63) is 71.1 Å². The molecule has 0 saturated heterocycles. The van der Waals surface area contributed by atoms with Crippen LogP contribution in [0.1, 0.15) is 16.1 Å². The third kappa shape index (κ3) is 4.29. The molecule has 0 aliphatic rings. The summed E-state index contributed by atoms with van der Waals surface area (Å²) in [5.74, 6) is 0.719. The lowest BCUT2D eigenvalue weighted by atomic mass is 10.2. The first-order valence-corrected chi connectivity index (χ1v) is 8.23. The molecule has 0 spiro atoms. The number of anilines is 3. The van der Waals surface area contributed by atoms with Crippen LogP contribution in [0.25, 0.3) is 0 Å². The van der Waals surface area contributed by atoms with Crippen molar-refractivity contribution < 1.29 is 9.53 Å². The monoisotopic (exact) mass is 368 g/mol. The number of halogens is 1. The van der Waals surface area contributed by atoms with E-state index in [0.717, 1.165) is 11.3 Å². The van der Waals surface area contributed by atoms with E-state index >= 15 is 0 Å². The van der Waals surface area contributed by atoms with E-state index in [-0.39, 0.29) is 11.6 Å². The summed E-state index contributed by atoms with van der Waals surface area (Å²) in [5.41, 5.74) is 2.79. The summed E-state index contributed by atoms with van der Waals surface area (Å²) in [7, 11) is 1.53. The number of rotatable bonds is 5. The van der Waals surface area contributed by atoms with Crippen molar-refractivity contribution >= 4 is 34.7 Å². The first-order valence-electron chi connectivity index (χ1n) is 7.86. The van der Waals surface area contributed by atoms with E-state index in [1.54, 1.807) is 18.2 Å². The number of carbonyl (C=O) groups is 1. The van der Waals surface area contributed by atoms with Crippen molar-refractivity contribution in [2.24, 2.45) is 0 Å². The van der Waals surface area contributed by atoms with Crippen LogP contribution in [0, 0.1) is 6.92 Å². The number of ether oxygens (including phenoxy) is 1. The SMILES string of the molecule is COc1ccc(NC(=O)c2cnc(Nc3cccc(C)c3)cn2)cc1Cl. The lowest BCUT2D eigenvalue weighted by molar-refractivity contribution is 0.102. The number of aromatic nitrogens is 2. The summed E-state index contributed by atoms with van der Waals surface area (Å²) in [6.07, 6.45) is 2.93. The van der Waals surface area contributed by atoms with Gasteiger partial charge in [-0.05, 0) is 42.8 Å². The van der Waals surface area contributed by atoms with Crippen LogP contribution in [0.4, 0.5) is 17.2 Å². The summed E-state index contributed by atoms with van der Waals surface area (Å²) in [6, 6.07) is 12.9. The van der Waals surface area contributed by atoms with Crippen molar-refractivity contribution in [3.8, 4) is 5.75 Å². The van der Waals surface area contributed by atoms with Crippen LogP contribution >= 0.6 is 11.6 Å².